The molecule has 0 saturated heterocycles. The molecule has 0 atom stereocenters. The first kappa shape index (κ1) is 13.1. The summed E-state index contributed by atoms with van der Waals surface area (Å²) in [6.07, 6.45) is 6.45. The van der Waals surface area contributed by atoms with Gasteiger partial charge in [-0.15, -0.1) is 0 Å². The van der Waals surface area contributed by atoms with E-state index in [0.29, 0.717) is 23.9 Å². The Morgan fingerprint density at radius 2 is 2.17 bits per heavy atom. The molecule has 0 amide bonds. The second-order valence-corrected chi connectivity index (χ2v) is 4.89. The Morgan fingerprint density at radius 1 is 1.44 bits per heavy atom. The largest absolute Gasteiger partial charge is 0.465 e. The summed E-state index contributed by atoms with van der Waals surface area (Å²) in [5, 5.41) is 3.49. The number of rotatable bonds is 4. The molecule has 1 aromatic rings. The number of carbonyl (C=O) groups excluding carboxylic acids is 1. The van der Waals surface area contributed by atoms with Crippen LogP contribution in [0.1, 0.15) is 54.0 Å². The van der Waals surface area contributed by atoms with Gasteiger partial charge in [-0.25, -0.2) is 4.79 Å². The van der Waals surface area contributed by atoms with E-state index in [1.807, 2.05) is 0 Å². The molecule has 100 valence electrons. The van der Waals surface area contributed by atoms with Gasteiger partial charge in [-0.3, -0.25) is 0 Å². The third-order valence-corrected chi connectivity index (χ3v) is 3.54. The summed E-state index contributed by atoms with van der Waals surface area (Å²) in [5.74, 6) is 1.10. The van der Waals surface area contributed by atoms with Crippen molar-refractivity contribution in [3.63, 3.8) is 0 Å². The van der Waals surface area contributed by atoms with Crippen LogP contribution in [0.25, 0.3) is 0 Å². The Balaban J connectivity index is 1.91. The smallest absolute Gasteiger partial charge is 0.341 e. The maximum Gasteiger partial charge on any atom is 0.341 e. The number of carbonyl (C=O) groups is 1. The quantitative estimate of drug-likeness (QED) is 0.836. The van der Waals surface area contributed by atoms with Gasteiger partial charge in [-0.05, 0) is 25.8 Å². The Hall–Kier alpha value is -1.29. The van der Waals surface area contributed by atoms with Crippen molar-refractivity contribution < 1.29 is 13.9 Å². The summed E-state index contributed by atoms with van der Waals surface area (Å²) < 4.78 is 10.3. The SMILES string of the molecule is COC(=O)c1cc(CNC2CCCCC2)oc1C. The average Bonchev–Trinajstić information content (AvgIpc) is 2.78. The Kier molecular flexibility index (Phi) is 4.42. The van der Waals surface area contributed by atoms with Gasteiger partial charge in [0.25, 0.3) is 0 Å². The lowest BCUT2D eigenvalue weighted by molar-refractivity contribution is 0.0599. The molecule has 0 spiro atoms. The summed E-state index contributed by atoms with van der Waals surface area (Å²) in [6.45, 7) is 2.47. The molecule has 4 heteroatoms. The summed E-state index contributed by atoms with van der Waals surface area (Å²) in [7, 11) is 1.38. The van der Waals surface area contributed by atoms with Crippen molar-refractivity contribution in [1.29, 1.82) is 0 Å². The molecule has 1 heterocycles. The van der Waals surface area contributed by atoms with E-state index < -0.39 is 0 Å². The van der Waals surface area contributed by atoms with Crippen LogP contribution in [-0.4, -0.2) is 19.1 Å². The van der Waals surface area contributed by atoms with Crippen LogP contribution >= 0.6 is 0 Å². The summed E-state index contributed by atoms with van der Waals surface area (Å²) >= 11 is 0. The van der Waals surface area contributed by atoms with Crippen molar-refractivity contribution >= 4 is 5.97 Å². The standard InChI is InChI=1S/C14H21NO3/c1-10-13(14(16)17-2)8-12(18-10)9-15-11-6-4-3-5-7-11/h8,11,15H,3-7,9H2,1-2H3. The molecule has 1 fully saturated rings. The zero-order chi connectivity index (χ0) is 13.0. The minimum atomic E-state index is -0.333. The second kappa shape index (κ2) is 6.05. The molecule has 0 aliphatic heterocycles. The van der Waals surface area contributed by atoms with E-state index in [4.69, 9.17) is 9.15 Å². The van der Waals surface area contributed by atoms with Gasteiger partial charge in [0.1, 0.15) is 17.1 Å². The van der Waals surface area contributed by atoms with Gasteiger partial charge >= 0.3 is 5.97 Å². The van der Waals surface area contributed by atoms with Crippen molar-refractivity contribution in [2.75, 3.05) is 7.11 Å². The highest BCUT2D eigenvalue weighted by Crippen LogP contribution is 2.19. The van der Waals surface area contributed by atoms with Crippen molar-refractivity contribution in [3.8, 4) is 0 Å². The van der Waals surface area contributed by atoms with E-state index in [1.165, 1.54) is 39.2 Å². The van der Waals surface area contributed by atoms with Gasteiger partial charge in [0, 0.05) is 6.04 Å². The number of hydrogen-bond acceptors (Lipinski definition) is 4. The van der Waals surface area contributed by atoms with Crippen molar-refractivity contribution in [2.24, 2.45) is 0 Å². The summed E-state index contributed by atoms with van der Waals surface area (Å²) in [6, 6.07) is 2.36. The number of hydrogen-bond donors (Lipinski definition) is 1. The van der Waals surface area contributed by atoms with Crippen LogP contribution in [0, 0.1) is 6.92 Å². The zero-order valence-electron chi connectivity index (χ0n) is 11.1. The number of ether oxygens (including phenoxy) is 1. The minimum absolute atomic E-state index is 0.333. The first-order valence-electron chi connectivity index (χ1n) is 6.61. The Morgan fingerprint density at radius 3 is 2.83 bits per heavy atom. The van der Waals surface area contributed by atoms with E-state index in [1.54, 1.807) is 13.0 Å². The number of methoxy groups -OCH3 is 1. The lowest BCUT2D eigenvalue weighted by atomic mass is 9.95. The van der Waals surface area contributed by atoms with E-state index in [-0.39, 0.29) is 5.97 Å². The van der Waals surface area contributed by atoms with Crippen LogP contribution in [0.2, 0.25) is 0 Å². The molecule has 18 heavy (non-hydrogen) atoms. The monoisotopic (exact) mass is 251 g/mol. The molecule has 1 aliphatic carbocycles. The molecule has 0 bridgehead atoms. The predicted octanol–water partition coefficient (Wildman–Crippen LogP) is 2.80. The molecule has 1 saturated carbocycles. The van der Waals surface area contributed by atoms with Gasteiger partial charge in [0.05, 0.1) is 13.7 Å². The number of furan rings is 1. The predicted molar refractivity (Wildman–Crippen MR) is 68.5 cm³/mol. The van der Waals surface area contributed by atoms with E-state index >= 15 is 0 Å². The third kappa shape index (κ3) is 3.13. The Labute approximate surface area is 108 Å². The van der Waals surface area contributed by atoms with Crippen molar-refractivity contribution in [3.05, 3.63) is 23.2 Å². The fourth-order valence-corrected chi connectivity index (χ4v) is 2.50. The number of aryl methyl sites for hydroxylation is 1. The molecule has 1 N–H and O–H groups in total. The highest BCUT2D eigenvalue weighted by atomic mass is 16.5. The van der Waals surface area contributed by atoms with E-state index in [9.17, 15) is 4.79 Å². The normalized spacial score (nSPS) is 16.8. The lowest BCUT2D eigenvalue weighted by Gasteiger charge is -2.22. The topological polar surface area (TPSA) is 51.5 Å². The van der Waals surface area contributed by atoms with E-state index in [0.717, 1.165) is 5.76 Å². The van der Waals surface area contributed by atoms with Crippen LogP contribution in [0.15, 0.2) is 10.5 Å². The summed E-state index contributed by atoms with van der Waals surface area (Å²) in [5.41, 5.74) is 0.526. The van der Waals surface area contributed by atoms with Gasteiger partial charge in [-0.1, -0.05) is 19.3 Å². The molecule has 2 rings (SSSR count). The van der Waals surface area contributed by atoms with Crippen molar-refractivity contribution in [1.82, 2.24) is 5.32 Å². The molecule has 1 aromatic heterocycles. The molecule has 0 unspecified atom stereocenters. The molecule has 1 aliphatic rings. The number of esters is 1. The van der Waals surface area contributed by atoms with Gasteiger partial charge in [0.2, 0.25) is 0 Å². The van der Waals surface area contributed by atoms with Crippen LogP contribution < -0.4 is 5.32 Å². The maximum atomic E-state index is 11.5. The van der Waals surface area contributed by atoms with Gasteiger partial charge < -0.3 is 14.5 Å². The fourth-order valence-electron chi connectivity index (χ4n) is 2.50. The fraction of sp³-hybridized carbons (Fsp3) is 0.643. The lowest BCUT2D eigenvalue weighted by Crippen LogP contribution is -2.30. The van der Waals surface area contributed by atoms with Crippen molar-refractivity contribution in [2.45, 2.75) is 51.6 Å². The third-order valence-electron chi connectivity index (χ3n) is 3.54. The Bertz CT molecular complexity index is 405. The molecule has 0 radical (unpaired) electrons. The highest BCUT2D eigenvalue weighted by molar-refractivity contribution is 5.90. The van der Waals surface area contributed by atoms with Gasteiger partial charge in [-0.2, -0.15) is 0 Å². The molecular formula is C14H21NO3. The average molecular weight is 251 g/mol. The minimum Gasteiger partial charge on any atom is -0.465 e. The van der Waals surface area contributed by atoms with Gasteiger partial charge in [0.15, 0.2) is 0 Å². The van der Waals surface area contributed by atoms with E-state index in [2.05, 4.69) is 5.32 Å². The van der Waals surface area contributed by atoms with Crippen LogP contribution in [-0.2, 0) is 11.3 Å². The maximum absolute atomic E-state index is 11.5. The zero-order valence-corrected chi connectivity index (χ0v) is 11.1. The first-order chi connectivity index (χ1) is 8.70. The van der Waals surface area contributed by atoms with Crippen LogP contribution in [0.4, 0.5) is 0 Å². The highest BCUT2D eigenvalue weighted by Gasteiger charge is 2.17. The molecule has 4 nitrogen and oxygen atoms in total. The molecule has 0 aromatic carbocycles. The number of nitrogens with one attached hydrogen (secondary N) is 1. The molecular weight excluding hydrogens is 230 g/mol. The summed E-state index contributed by atoms with van der Waals surface area (Å²) in [4.78, 5) is 11.5. The second-order valence-electron chi connectivity index (χ2n) is 4.89. The van der Waals surface area contributed by atoms with Crippen LogP contribution in [0.5, 0.6) is 0 Å². The van der Waals surface area contributed by atoms with Crippen LogP contribution in [0.3, 0.4) is 0 Å². The first-order valence-corrected chi connectivity index (χ1v) is 6.61.